The molecule has 1 aromatic carbocycles. The van der Waals surface area contributed by atoms with E-state index in [9.17, 15) is 13.6 Å². The first-order valence-electron chi connectivity index (χ1n) is 8.92. The molecule has 1 aromatic heterocycles. The van der Waals surface area contributed by atoms with E-state index in [1.54, 1.807) is 0 Å². The second-order valence-electron chi connectivity index (χ2n) is 6.68. The van der Waals surface area contributed by atoms with E-state index in [-0.39, 0.29) is 24.7 Å². The van der Waals surface area contributed by atoms with E-state index in [1.165, 1.54) is 6.08 Å². The molecule has 4 nitrogen and oxygen atoms in total. The summed E-state index contributed by atoms with van der Waals surface area (Å²) in [4.78, 5) is 11.5. The molecule has 26 heavy (non-hydrogen) atoms. The molecule has 3 rings (SSSR count). The van der Waals surface area contributed by atoms with Gasteiger partial charge in [0.1, 0.15) is 0 Å². The normalized spacial score (nSPS) is 17.7. The minimum atomic E-state index is -2.51. The third kappa shape index (κ3) is 4.00. The number of nitrogens with one attached hydrogen (secondary N) is 1. The molecule has 0 saturated heterocycles. The van der Waals surface area contributed by atoms with Crippen LogP contribution in [0.1, 0.15) is 38.3 Å². The summed E-state index contributed by atoms with van der Waals surface area (Å²) in [5, 5.41) is 8.28. The van der Waals surface area contributed by atoms with Crippen molar-refractivity contribution in [2.75, 3.05) is 5.32 Å². The maximum absolute atomic E-state index is 13.3. The number of rotatable bonds is 5. The number of carbonyl (C=O) groups is 1. The monoisotopic (exact) mass is 359 g/mol. The fourth-order valence-electron chi connectivity index (χ4n) is 3.32. The summed E-state index contributed by atoms with van der Waals surface area (Å²) in [5.41, 5.74) is 2.43. The smallest absolute Gasteiger partial charge is 0.248 e. The van der Waals surface area contributed by atoms with Gasteiger partial charge in [0.15, 0.2) is 0 Å². The van der Waals surface area contributed by atoms with E-state index >= 15 is 0 Å². The topological polar surface area (TPSA) is 46.9 Å². The molecule has 2 aromatic rings. The van der Waals surface area contributed by atoms with Crippen LogP contribution in [0.4, 0.5) is 14.5 Å². The molecule has 1 amide bonds. The number of allylic oxidation sites excluding steroid dienone is 1. The quantitative estimate of drug-likeness (QED) is 0.762. The average molecular weight is 359 g/mol. The van der Waals surface area contributed by atoms with Crippen molar-refractivity contribution in [3.8, 4) is 0 Å². The molecule has 0 aliphatic heterocycles. The fourth-order valence-corrected chi connectivity index (χ4v) is 3.32. The van der Waals surface area contributed by atoms with E-state index < -0.39 is 5.92 Å². The van der Waals surface area contributed by atoms with Crippen LogP contribution in [0.2, 0.25) is 0 Å². The van der Waals surface area contributed by atoms with Crippen LogP contribution in [0.25, 0.3) is 17.0 Å². The predicted octanol–water partition coefficient (Wildman–Crippen LogP) is 5.02. The van der Waals surface area contributed by atoms with Gasteiger partial charge in [-0.1, -0.05) is 12.7 Å². The Bertz CT molecular complexity index is 844. The summed E-state index contributed by atoms with van der Waals surface area (Å²) in [5.74, 6) is -2.63. The lowest BCUT2D eigenvalue weighted by molar-refractivity contribution is -0.111. The number of amides is 1. The molecule has 0 radical (unpaired) electrons. The van der Waals surface area contributed by atoms with E-state index in [1.807, 2.05) is 42.0 Å². The van der Waals surface area contributed by atoms with Gasteiger partial charge in [-0.3, -0.25) is 9.48 Å². The molecule has 0 unspecified atom stereocenters. The van der Waals surface area contributed by atoms with E-state index in [4.69, 9.17) is 0 Å². The van der Waals surface area contributed by atoms with Crippen LogP contribution in [0.15, 0.2) is 36.9 Å². The van der Waals surface area contributed by atoms with Crippen molar-refractivity contribution in [3.05, 3.63) is 42.6 Å². The highest BCUT2D eigenvalue weighted by atomic mass is 19.3. The van der Waals surface area contributed by atoms with Crippen LogP contribution in [0.3, 0.4) is 0 Å². The molecule has 1 saturated carbocycles. The van der Waals surface area contributed by atoms with Gasteiger partial charge in [0.25, 0.3) is 0 Å². The Kier molecular flexibility index (Phi) is 5.20. The second-order valence-corrected chi connectivity index (χ2v) is 6.68. The van der Waals surface area contributed by atoms with E-state index in [2.05, 4.69) is 17.0 Å². The summed E-state index contributed by atoms with van der Waals surface area (Å²) in [7, 11) is 0. The molecule has 0 spiro atoms. The molecule has 138 valence electrons. The number of alkyl halides is 2. The van der Waals surface area contributed by atoms with E-state index in [0.29, 0.717) is 18.5 Å². The van der Waals surface area contributed by atoms with Gasteiger partial charge in [0, 0.05) is 30.5 Å². The van der Waals surface area contributed by atoms with E-state index in [0.717, 1.165) is 23.1 Å². The van der Waals surface area contributed by atoms with Gasteiger partial charge in [-0.2, -0.15) is 5.10 Å². The molecule has 0 atom stereocenters. The first-order chi connectivity index (χ1) is 12.4. The van der Waals surface area contributed by atoms with Crippen LogP contribution in [-0.4, -0.2) is 21.6 Å². The number of aryl methyl sites for hydroxylation is 1. The molecular formula is C20H23F2N3O. The molecular weight excluding hydrogens is 336 g/mol. The zero-order chi connectivity index (χ0) is 18.7. The second kappa shape index (κ2) is 7.40. The molecule has 1 aliphatic carbocycles. The molecule has 1 heterocycles. The predicted molar refractivity (Wildman–Crippen MR) is 100 cm³/mol. The van der Waals surface area contributed by atoms with Crippen molar-refractivity contribution in [1.29, 1.82) is 0 Å². The van der Waals surface area contributed by atoms with Crippen LogP contribution in [0, 0.1) is 5.92 Å². The van der Waals surface area contributed by atoms with Crippen molar-refractivity contribution in [2.24, 2.45) is 5.92 Å². The third-order valence-electron chi connectivity index (χ3n) is 4.82. The van der Waals surface area contributed by atoms with Gasteiger partial charge >= 0.3 is 0 Å². The number of carbonyl (C=O) groups excluding carboxylic acids is 1. The third-order valence-corrected chi connectivity index (χ3v) is 4.82. The Morgan fingerprint density at radius 3 is 2.81 bits per heavy atom. The lowest BCUT2D eigenvalue weighted by atomic mass is 9.86. The minimum absolute atomic E-state index is 0.0517. The van der Waals surface area contributed by atoms with Crippen molar-refractivity contribution < 1.29 is 13.6 Å². The van der Waals surface area contributed by atoms with Gasteiger partial charge in [-0.25, -0.2) is 8.78 Å². The lowest BCUT2D eigenvalue weighted by Gasteiger charge is -2.26. The van der Waals surface area contributed by atoms with Crippen LogP contribution in [0.5, 0.6) is 0 Å². The average Bonchev–Trinajstić information content (AvgIpc) is 2.98. The highest BCUT2D eigenvalue weighted by molar-refractivity contribution is 6.01. The Labute approximate surface area is 151 Å². The van der Waals surface area contributed by atoms with Crippen molar-refractivity contribution in [1.82, 2.24) is 9.78 Å². The van der Waals surface area contributed by atoms with Gasteiger partial charge in [0.2, 0.25) is 11.8 Å². The summed E-state index contributed by atoms with van der Waals surface area (Å²) in [6, 6.07) is 5.63. The molecule has 6 heteroatoms. The Morgan fingerprint density at radius 2 is 2.15 bits per heavy atom. The number of anilines is 1. The van der Waals surface area contributed by atoms with Crippen molar-refractivity contribution >= 4 is 28.6 Å². The largest absolute Gasteiger partial charge is 0.323 e. The molecule has 1 aliphatic rings. The zero-order valence-corrected chi connectivity index (χ0v) is 14.8. The maximum atomic E-state index is 13.3. The summed E-state index contributed by atoms with van der Waals surface area (Å²) in [6.07, 6.45) is 6.02. The molecule has 0 bridgehead atoms. The summed E-state index contributed by atoms with van der Waals surface area (Å²) >= 11 is 0. The first-order valence-corrected chi connectivity index (χ1v) is 8.92. The number of aromatic nitrogens is 2. The zero-order valence-electron chi connectivity index (χ0n) is 14.8. The first kappa shape index (κ1) is 18.3. The number of halogens is 2. The van der Waals surface area contributed by atoms with Crippen LogP contribution in [-0.2, 0) is 11.3 Å². The summed E-state index contributed by atoms with van der Waals surface area (Å²) < 4.78 is 28.5. The summed E-state index contributed by atoms with van der Waals surface area (Å²) in [6.45, 7) is 6.18. The number of hydrogen-bond donors (Lipinski definition) is 1. The molecule has 1 fully saturated rings. The fraction of sp³-hybridized carbons (Fsp3) is 0.400. The number of fused-ring (bicyclic) bond motifs is 1. The van der Waals surface area contributed by atoms with Crippen molar-refractivity contribution in [3.63, 3.8) is 0 Å². The Balaban J connectivity index is 1.86. The number of hydrogen-bond acceptors (Lipinski definition) is 2. The number of benzene rings is 1. The minimum Gasteiger partial charge on any atom is -0.323 e. The lowest BCUT2D eigenvalue weighted by Crippen LogP contribution is -2.23. The van der Waals surface area contributed by atoms with Gasteiger partial charge in [-0.05, 0) is 56.0 Å². The Hall–Kier alpha value is -2.50. The van der Waals surface area contributed by atoms with Gasteiger partial charge in [0.05, 0.1) is 11.2 Å². The van der Waals surface area contributed by atoms with Gasteiger partial charge < -0.3 is 5.32 Å². The van der Waals surface area contributed by atoms with Crippen LogP contribution >= 0.6 is 0 Å². The van der Waals surface area contributed by atoms with Crippen LogP contribution < -0.4 is 5.32 Å². The van der Waals surface area contributed by atoms with Crippen molar-refractivity contribution in [2.45, 2.75) is 45.1 Å². The maximum Gasteiger partial charge on any atom is 0.248 e. The highest BCUT2D eigenvalue weighted by Gasteiger charge is 2.33. The standard InChI is InChI=1S/C20H23F2N3O/c1-3-19(26)23-15-6-8-18-16(13-15)17(24-25(18)4-2)7-5-14-9-11-20(21,22)12-10-14/h3,5-8,13-14H,1,4,9-12H2,2H3,(H,23,26)/b7-5+. The number of nitrogens with zero attached hydrogens (tertiary/aromatic N) is 2. The van der Waals surface area contributed by atoms with Gasteiger partial charge in [-0.15, -0.1) is 0 Å². The Morgan fingerprint density at radius 1 is 1.42 bits per heavy atom. The molecule has 1 N–H and O–H groups in total. The highest BCUT2D eigenvalue weighted by Crippen LogP contribution is 2.37. The SMILES string of the molecule is C=CC(=O)Nc1ccc2c(c1)c(/C=C/C1CCC(F)(F)CC1)nn2CC.